The standard InChI is InChI=1S/C21H20N2O4S/c24-19(22-13-6-14-28-16-7-2-1-3-8-16)15-26-21(25)12-11-20-23-17-9-4-5-10-18(17)27-20/h1-5,7-12H,6,13-15H2,(H,22,24)/b12-11+. The molecule has 0 bridgehead atoms. The van der Waals surface area contributed by atoms with Gasteiger partial charge in [0.1, 0.15) is 5.52 Å². The lowest BCUT2D eigenvalue weighted by molar-refractivity contribution is -0.143. The third-order valence-corrected chi connectivity index (χ3v) is 4.77. The molecule has 0 aliphatic rings. The zero-order valence-electron chi connectivity index (χ0n) is 15.2. The topological polar surface area (TPSA) is 81.4 Å². The predicted octanol–water partition coefficient (Wildman–Crippen LogP) is 3.68. The Kier molecular flexibility index (Phi) is 7.26. The fourth-order valence-electron chi connectivity index (χ4n) is 2.34. The summed E-state index contributed by atoms with van der Waals surface area (Å²) in [4.78, 5) is 28.8. The maximum atomic E-state index is 11.7. The largest absolute Gasteiger partial charge is 0.452 e. The fraction of sp³-hybridized carbons (Fsp3) is 0.190. The lowest BCUT2D eigenvalue weighted by atomic mass is 10.3. The van der Waals surface area contributed by atoms with E-state index in [9.17, 15) is 9.59 Å². The molecular formula is C21H20N2O4S. The minimum atomic E-state index is -0.628. The third kappa shape index (κ3) is 6.28. The van der Waals surface area contributed by atoms with Crippen molar-refractivity contribution in [3.05, 3.63) is 66.6 Å². The van der Waals surface area contributed by atoms with Crippen molar-refractivity contribution in [3.63, 3.8) is 0 Å². The molecule has 0 fully saturated rings. The molecule has 0 atom stereocenters. The smallest absolute Gasteiger partial charge is 0.331 e. The van der Waals surface area contributed by atoms with E-state index in [-0.39, 0.29) is 12.5 Å². The number of aromatic nitrogens is 1. The van der Waals surface area contributed by atoms with Crippen LogP contribution in [0.25, 0.3) is 17.2 Å². The number of para-hydroxylation sites is 2. The van der Waals surface area contributed by atoms with Crippen LogP contribution in [0.15, 0.2) is 70.0 Å². The average molecular weight is 396 g/mol. The molecule has 3 rings (SSSR count). The number of esters is 1. The van der Waals surface area contributed by atoms with Crippen molar-refractivity contribution in [3.8, 4) is 0 Å². The Morgan fingerprint density at radius 1 is 1.11 bits per heavy atom. The van der Waals surface area contributed by atoms with Gasteiger partial charge in [0.25, 0.3) is 5.91 Å². The van der Waals surface area contributed by atoms with Crippen LogP contribution in [0.3, 0.4) is 0 Å². The number of carbonyl (C=O) groups excluding carboxylic acids is 2. The summed E-state index contributed by atoms with van der Waals surface area (Å²) >= 11 is 1.74. The maximum Gasteiger partial charge on any atom is 0.331 e. The van der Waals surface area contributed by atoms with Crippen molar-refractivity contribution >= 4 is 40.8 Å². The molecule has 0 saturated carbocycles. The average Bonchev–Trinajstić information content (AvgIpc) is 3.14. The van der Waals surface area contributed by atoms with Gasteiger partial charge in [0, 0.05) is 23.6 Å². The summed E-state index contributed by atoms with van der Waals surface area (Å²) in [6.45, 7) is 0.220. The van der Waals surface area contributed by atoms with Crippen molar-refractivity contribution in [2.45, 2.75) is 11.3 Å². The number of rotatable bonds is 9. The number of hydrogen-bond donors (Lipinski definition) is 1. The molecule has 0 spiro atoms. The van der Waals surface area contributed by atoms with Gasteiger partial charge in [-0.1, -0.05) is 30.3 Å². The number of ether oxygens (including phenoxy) is 1. The van der Waals surface area contributed by atoms with Crippen LogP contribution in [-0.4, -0.2) is 35.8 Å². The van der Waals surface area contributed by atoms with Crippen molar-refractivity contribution < 1.29 is 18.7 Å². The van der Waals surface area contributed by atoms with Crippen LogP contribution in [0, 0.1) is 0 Å². The molecule has 1 aromatic heterocycles. The van der Waals surface area contributed by atoms with Crippen LogP contribution < -0.4 is 5.32 Å². The minimum Gasteiger partial charge on any atom is -0.452 e. The summed E-state index contributed by atoms with van der Waals surface area (Å²) in [6.07, 6.45) is 3.44. The first-order chi connectivity index (χ1) is 13.7. The molecule has 0 saturated heterocycles. The van der Waals surface area contributed by atoms with E-state index in [0.717, 1.165) is 12.2 Å². The lowest BCUT2D eigenvalue weighted by Gasteiger charge is -2.05. The highest BCUT2D eigenvalue weighted by atomic mass is 32.2. The highest BCUT2D eigenvalue weighted by molar-refractivity contribution is 7.99. The molecule has 28 heavy (non-hydrogen) atoms. The van der Waals surface area contributed by atoms with Crippen molar-refractivity contribution in [2.75, 3.05) is 18.9 Å². The SMILES string of the molecule is O=C(COC(=O)/C=C/c1nc2ccccc2o1)NCCCSc1ccccc1. The van der Waals surface area contributed by atoms with Gasteiger partial charge in [-0.15, -0.1) is 11.8 Å². The Labute approximate surface area is 167 Å². The number of oxazole rings is 1. The quantitative estimate of drug-likeness (QED) is 0.257. The zero-order chi connectivity index (χ0) is 19.6. The van der Waals surface area contributed by atoms with Gasteiger partial charge in [0.15, 0.2) is 12.2 Å². The van der Waals surface area contributed by atoms with Crippen LogP contribution in [0.5, 0.6) is 0 Å². The van der Waals surface area contributed by atoms with Gasteiger partial charge >= 0.3 is 5.97 Å². The number of amides is 1. The molecule has 0 unspecified atom stereocenters. The summed E-state index contributed by atoms with van der Waals surface area (Å²) < 4.78 is 10.4. The van der Waals surface area contributed by atoms with E-state index in [2.05, 4.69) is 22.4 Å². The fourth-order valence-corrected chi connectivity index (χ4v) is 3.22. The Bertz CT molecular complexity index is 920. The van der Waals surface area contributed by atoms with E-state index in [0.29, 0.717) is 23.5 Å². The molecule has 2 aromatic carbocycles. The Hall–Kier alpha value is -3.06. The molecule has 3 aromatic rings. The number of nitrogens with one attached hydrogen (secondary N) is 1. The molecule has 7 heteroatoms. The van der Waals surface area contributed by atoms with Gasteiger partial charge in [-0.2, -0.15) is 0 Å². The molecule has 1 N–H and O–H groups in total. The summed E-state index contributed by atoms with van der Waals surface area (Å²) in [5, 5.41) is 2.73. The number of benzene rings is 2. The van der Waals surface area contributed by atoms with E-state index in [1.807, 2.05) is 36.4 Å². The number of nitrogens with zero attached hydrogens (tertiary/aromatic N) is 1. The molecule has 0 aliphatic carbocycles. The van der Waals surface area contributed by atoms with E-state index >= 15 is 0 Å². The molecule has 144 valence electrons. The first kappa shape index (κ1) is 19.7. The van der Waals surface area contributed by atoms with Gasteiger partial charge in [-0.05, 0) is 36.4 Å². The van der Waals surface area contributed by atoms with Crippen LogP contribution in [0.1, 0.15) is 12.3 Å². The highest BCUT2D eigenvalue weighted by Gasteiger charge is 2.06. The Balaban J connectivity index is 1.31. The number of thioether (sulfide) groups is 1. The lowest BCUT2D eigenvalue weighted by Crippen LogP contribution is -2.29. The first-order valence-electron chi connectivity index (χ1n) is 8.86. The van der Waals surface area contributed by atoms with Crippen LogP contribution in [0.4, 0.5) is 0 Å². The predicted molar refractivity (Wildman–Crippen MR) is 109 cm³/mol. The zero-order valence-corrected chi connectivity index (χ0v) is 16.0. The maximum absolute atomic E-state index is 11.7. The molecule has 0 radical (unpaired) electrons. The first-order valence-corrected chi connectivity index (χ1v) is 9.84. The molecule has 1 heterocycles. The van der Waals surface area contributed by atoms with Gasteiger partial charge < -0.3 is 14.5 Å². The third-order valence-electron chi connectivity index (χ3n) is 3.67. The van der Waals surface area contributed by atoms with Gasteiger partial charge in [-0.3, -0.25) is 4.79 Å². The van der Waals surface area contributed by atoms with Gasteiger partial charge in [0.05, 0.1) is 0 Å². The number of hydrogen-bond acceptors (Lipinski definition) is 6. The second-order valence-electron chi connectivity index (χ2n) is 5.83. The summed E-state index contributed by atoms with van der Waals surface area (Å²) in [5.74, 6) is 0.251. The Morgan fingerprint density at radius 2 is 1.89 bits per heavy atom. The number of carbonyl (C=O) groups is 2. The summed E-state index contributed by atoms with van der Waals surface area (Å²) in [7, 11) is 0. The van der Waals surface area contributed by atoms with Gasteiger partial charge in [0.2, 0.25) is 5.89 Å². The van der Waals surface area contributed by atoms with Crippen molar-refractivity contribution in [2.24, 2.45) is 0 Å². The van der Waals surface area contributed by atoms with Crippen molar-refractivity contribution in [1.82, 2.24) is 10.3 Å². The van der Waals surface area contributed by atoms with Crippen LogP contribution >= 0.6 is 11.8 Å². The summed E-state index contributed by atoms with van der Waals surface area (Å²) in [6, 6.07) is 17.4. The highest BCUT2D eigenvalue weighted by Crippen LogP contribution is 2.17. The number of fused-ring (bicyclic) bond motifs is 1. The van der Waals surface area contributed by atoms with Crippen LogP contribution in [-0.2, 0) is 14.3 Å². The van der Waals surface area contributed by atoms with E-state index < -0.39 is 5.97 Å². The van der Waals surface area contributed by atoms with Gasteiger partial charge in [-0.25, -0.2) is 9.78 Å². The van der Waals surface area contributed by atoms with Crippen LogP contribution in [0.2, 0.25) is 0 Å². The van der Waals surface area contributed by atoms with E-state index in [4.69, 9.17) is 9.15 Å². The normalized spacial score (nSPS) is 11.0. The van der Waals surface area contributed by atoms with Crippen molar-refractivity contribution in [1.29, 1.82) is 0 Å². The molecule has 0 aliphatic heterocycles. The second kappa shape index (κ2) is 10.3. The van der Waals surface area contributed by atoms with E-state index in [1.54, 1.807) is 17.8 Å². The summed E-state index contributed by atoms with van der Waals surface area (Å²) in [5.41, 5.74) is 1.35. The van der Waals surface area contributed by atoms with E-state index in [1.165, 1.54) is 17.0 Å². The molecular weight excluding hydrogens is 376 g/mol. The minimum absolute atomic E-state index is 0.304. The molecule has 6 nitrogen and oxygen atoms in total. The second-order valence-corrected chi connectivity index (χ2v) is 6.99. The Morgan fingerprint density at radius 3 is 2.71 bits per heavy atom. The molecule has 1 amide bonds. The monoisotopic (exact) mass is 396 g/mol.